The van der Waals surface area contributed by atoms with Crippen molar-refractivity contribution in [2.75, 3.05) is 0 Å². The quantitative estimate of drug-likeness (QED) is 0.754. The number of primary sulfonamides is 1. The first-order chi connectivity index (χ1) is 11.9. The van der Waals surface area contributed by atoms with Gasteiger partial charge in [-0.3, -0.25) is 4.79 Å². The fourth-order valence-corrected chi connectivity index (χ4v) is 5.08. The summed E-state index contributed by atoms with van der Waals surface area (Å²) in [6.07, 6.45) is 3.33. The van der Waals surface area contributed by atoms with E-state index in [1.54, 1.807) is 12.1 Å². The van der Waals surface area contributed by atoms with E-state index in [4.69, 9.17) is 5.14 Å². The van der Waals surface area contributed by atoms with Crippen LogP contribution in [0.5, 0.6) is 0 Å². The summed E-state index contributed by atoms with van der Waals surface area (Å²) < 4.78 is 22.6. The van der Waals surface area contributed by atoms with Crippen molar-refractivity contribution in [2.45, 2.75) is 42.3 Å². The molecular formula is C17H19N3O3S2. The highest BCUT2D eigenvalue weighted by molar-refractivity contribution is 7.89. The van der Waals surface area contributed by atoms with E-state index in [0.29, 0.717) is 17.0 Å². The van der Waals surface area contributed by atoms with Crippen LogP contribution in [0.3, 0.4) is 0 Å². The number of hydrogen-bond donors (Lipinski definition) is 3. The normalized spacial score (nSPS) is 25.2. The summed E-state index contributed by atoms with van der Waals surface area (Å²) >= 11 is 1.40. The summed E-state index contributed by atoms with van der Waals surface area (Å²) in [5.41, 5.74) is 0.859. The molecule has 25 heavy (non-hydrogen) atoms. The predicted molar refractivity (Wildman–Crippen MR) is 96.9 cm³/mol. The first-order valence-electron chi connectivity index (χ1n) is 8.20. The molecule has 4 rings (SSSR count). The Morgan fingerprint density at radius 1 is 1.16 bits per heavy atom. The summed E-state index contributed by atoms with van der Waals surface area (Å²) in [4.78, 5) is 14.1. The van der Waals surface area contributed by atoms with E-state index in [2.05, 4.69) is 10.6 Å². The molecule has 1 aromatic carbocycles. The van der Waals surface area contributed by atoms with Gasteiger partial charge in [0.2, 0.25) is 10.0 Å². The van der Waals surface area contributed by atoms with Crippen molar-refractivity contribution < 1.29 is 13.2 Å². The fraction of sp³-hybridized carbons (Fsp3) is 0.353. The fourth-order valence-electron chi connectivity index (χ4n) is 3.65. The van der Waals surface area contributed by atoms with Crippen LogP contribution in [0.4, 0.5) is 0 Å². The van der Waals surface area contributed by atoms with Crippen molar-refractivity contribution in [1.29, 1.82) is 0 Å². The number of nitrogens with one attached hydrogen (secondary N) is 2. The highest BCUT2D eigenvalue weighted by Crippen LogP contribution is 2.31. The summed E-state index contributed by atoms with van der Waals surface area (Å²) in [6.45, 7) is 0. The van der Waals surface area contributed by atoms with E-state index in [1.165, 1.54) is 29.9 Å². The lowest BCUT2D eigenvalue weighted by Gasteiger charge is -2.20. The Balaban J connectivity index is 1.47. The van der Waals surface area contributed by atoms with Gasteiger partial charge in [0.25, 0.3) is 5.91 Å². The zero-order valence-electron chi connectivity index (χ0n) is 13.4. The summed E-state index contributed by atoms with van der Waals surface area (Å²) in [7, 11) is -3.69. The average Bonchev–Trinajstić information content (AvgIpc) is 3.30. The van der Waals surface area contributed by atoms with Gasteiger partial charge in [0.1, 0.15) is 0 Å². The lowest BCUT2D eigenvalue weighted by Crippen LogP contribution is -2.42. The maximum Gasteiger partial charge on any atom is 0.261 e. The standard InChI is InChI=1S/C17H19N3O3S2/c18-25(22,23)12-4-1-10(2-5-12)15-7-8-16(24-15)17(21)20-14-9-11-3-6-13(14)19-11/h1-2,4-5,7-8,11,13-14,19H,3,6,9H2,(H,20,21)(H2,18,22,23). The second kappa shape index (κ2) is 6.21. The number of carbonyl (C=O) groups excluding carboxylic acids is 1. The van der Waals surface area contributed by atoms with Crippen LogP contribution in [0.25, 0.3) is 10.4 Å². The number of hydrogen-bond acceptors (Lipinski definition) is 5. The van der Waals surface area contributed by atoms with E-state index in [-0.39, 0.29) is 16.8 Å². The molecule has 3 unspecified atom stereocenters. The molecule has 6 nitrogen and oxygen atoms in total. The molecular weight excluding hydrogens is 358 g/mol. The second-order valence-electron chi connectivity index (χ2n) is 6.60. The molecule has 2 saturated heterocycles. The van der Waals surface area contributed by atoms with Crippen LogP contribution in [0, 0.1) is 0 Å². The van der Waals surface area contributed by atoms with Crippen LogP contribution in [0.2, 0.25) is 0 Å². The van der Waals surface area contributed by atoms with Crippen molar-refractivity contribution in [3.05, 3.63) is 41.3 Å². The Hall–Kier alpha value is -1.74. The van der Waals surface area contributed by atoms with Crippen LogP contribution in [-0.4, -0.2) is 32.5 Å². The first kappa shape index (κ1) is 16.7. The average molecular weight is 377 g/mol. The van der Waals surface area contributed by atoms with Gasteiger partial charge in [-0.25, -0.2) is 13.6 Å². The van der Waals surface area contributed by atoms with E-state index in [0.717, 1.165) is 23.3 Å². The Morgan fingerprint density at radius 2 is 1.92 bits per heavy atom. The molecule has 2 fully saturated rings. The van der Waals surface area contributed by atoms with E-state index >= 15 is 0 Å². The van der Waals surface area contributed by atoms with Crippen molar-refractivity contribution in [3.8, 4) is 10.4 Å². The van der Waals surface area contributed by atoms with Gasteiger partial charge in [-0.05, 0) is 49.1 Å². The maximum absolute atomic E-state index is 12.5. The largest absolute Gasteiger partial charge is 0.347 e. The molecule has 2 bridgehead atoms. The summed E-state index contributed by atoms with van der Waals surface area (Å²) in [6, 6.07) is 11.2. The Labute approximate surface area is 150 Å². The third kappa shape index (κ3) is 3.35. The monoisotopic (exact) mass is 377 g/mol. The lowest BCUT2D eigenvalue weighted by atomic mass is 9.95. The zero-order chi connectivity index (χ0) is 17.6. The molecule has 3 heterocycles. The molecule has 0 spiro atoms. The molecule has 2 aliphatic heterocycles. The number of nitrogens with two attached hydrogens (primary N) is 1. The van der Waals surface area contributed by atoms with Gasteiger partial charge in [0.05, 0.1) is 9.77 Å². The third-order valence-electron chi connectivity index (χ3n) is 4.91. The Bertz CT molecular complexity index is 905. The Morgan fingerprint density at radius 3 is 2.52 bits per heavy atom. The number of carbonyl (C=O) groups is 1. The van der Waals surface area contributed by atoms with Crippen molar-refractivity contribution >= 4 is 27.3 Å². The molecule has 2 aliphatic rings. The van der Waals surface area contributed by atoms with E-state index in [1.807, 2.05) is 12.1 Å². The summed E-state index contributed by atoms with van der Waals surface area (Å²) in [5, 5.41) is 11.8. The number of fused-ring (bicyclic) bond motifs is 2. The van der Waals surface area contributed by atoms with Crippen molar-refractivity contribution in [1.82, 2.24) is 10.6 Å². The van der Waals surface area contributed by atoms with Gasteiger partial charge in [-0.1, -0.05) is 12.1 Å². The molecule has 2 aromatic rings. The molecule has 4 N–H and O–H groups in total. The highest BCUT2D eigenvalue weighted by Gasteiger charge is 2.39. The maximum atomic E-state index is 12.5. The number of amides is 1. The minimum atomic E-state index is -3.69. The van der Waals surface area contributed by atoms with E-state index in [9.17, 15) is 13.2 Å². The van der Waals surface area contributed by atoms with Crippen LogP contribution < -0.4 is 15.8 Å². The van der Waals surface area contributed by atoms with Crippen LogP contribution >= 0.6 is 11.3 Å². The number of sulfonamides is 1. The zero-order valence-corrected chi connectivity index (χ0v) is 15.1. The smallest absolute Gasteiger partial charge is 0.261 e. The minimum absolute atomic E-state index is 0.0447. The number of benzene rings is 1. The second-order valence-corrected chi connectivity index (χ2v) is 9.24. The van der Waals surface area contributed by atoms with Gasteiger partial charge < -0.3 is 10.6 Å². The summed E-state index contributed by atoms with van der Waals surface area (Å²) in [5.74, 6) is -0.0447. The van der Waals surface area contributed by atoms with Gasteiger partial charge in [-0.2, -0.15) is 0 Å². The molecule has 1 aromatic heterocycles. The van der Waals surface area contributed by atoms with Crippen LogP contribution in [0.15, 0.2) is 41.3 Å². The Kier molecular flexibility index (Phi) is 4.15. The molecule has 132 valence electrons. The van der Waals surface area contributed by atoms with Gasteiger partial charge >= 0.3 is 0 Å². The molecule has 3 atom stereocenters. The third-order valence-corrected chi connectivity index (χ3v) is 6.98. The van der Waals surface area contributed by atoms with Gasteiger partial charge in [0, 0.05) is 23.0 Å². The van der Waals surface area contributed by atoms with Crippen molar-refractivity contribution in [3.63, 3.8) is 0 Å². The number of rotatable bonds is 4. The van der Waals surface area contributed by atoms with E-state index < -0.39 is 10.0 Å². The molecule has 0 saturated carbocycles. The van der Waals surface area contributed by atoms with Crippen LogP contribution in [0.1, 0.15) is 28.9 Å². The minimum Gasteiger partial charge on any atom is -0.347 e. The molecule has 8 heteroatoms. The SMILES string of the molecule is NS(=O)(=O)c1ccc(-c2ccc(C(=O)NC3CC4CCC3N4)s2)cc1. The lowest BCUT2D eigenvalue weighted by molar-refractivity contribution is 0.0935. The van der Waals surface area contributed by atoms with Gasteiger partial charge in [0.15, 0.2) is 0 Å². The topological polar surface area (TPSA) is 101 Å². The first-order valence-corrected chi connectivity index (χ1v) is 10.6. The number of thiophene rings is 1. The molecule has 0 aliphatic carbocycles. The van der Waals surface area contributed by atoms with Gasteiger partial charge in [-0.15, -0.1) is 11.3 Å². The molecule has 0 radical (unpaired) electrons. The highest BCUT2D eigenvalue weighted by atomic mass is 32.2. The molecule has 1 amide bonds. The predicted octanol–water partition coefficient (Wildman–Crippen LogP) is 1.69. The van der Waals surface area contributed by atoms with Crippen LogP contribution in [-0.2, 0) is 10.0 Å². The van der Waals surface area contributed by atoms with Crippen molar-refractivity contribution in [2.24, 2.45) is 5.14 Å².